The van der Waals surface area contributed by atoms with Gasteiger partial charge in [0.2, 0.25) is 0 Å². The molecule has 0 spiro atoms. The lowest BCUT2D eigenvalue weighted by Crippen LogP contribution is -1.96. The number of thioether (sulfide) groups is 1. The van der Waals surface area contributed by atoms with E-state index in [2.05, 4.69) is 41.4 Å². The maximum Gasteiger partial charge on any atom is 0.156 e. The van der Waals surface area contributed by atoms with E-state index in [0.29, 0.717) is 11.5 Å². The minimum absolute atomic E-state index is 0.507. The minimum atomic E-state index is 0.507. The highest BCUT2D eigenvalue weighted by Gasteiger charge is 2.07. The smallest absolute Gasteiger partial charge is 0.156 e. The van der Waals surface area contributed by atoms with E-state index in [1.165, 1.54) is 22.5 Å². The van der Waals surface area contributed by atoms with E-state index in [1.807, 2.05) is 66.7 Å². The fourth-order valence-corrected chi connectivity index (χ4v) is 5.44. The normalized spacial score (nSPS) is 11.5. The Hall–Kier alpha value is -3.59. The molecule has 5 aromatic rings. The minimum Gasteiger partial charge on any atom is -0.489 e. The van der Waals surface area contributed by atoms with E-state index in [9.17, 15) is 5.26 Å². The summed E-state index contributed by atoms with van der Waals surface area (Å²) in [6.07, 6.45) is 1.88. The number of fused-ring (bicyclic) bond motifs is 2. The van der Waals surface area contributed by atoms with Gasteiger partial charge in [-0.1, -0.05) is 66.7 Å². The van der Waals surface area contributed by atoms with Crippen molar-refractivity contribution in [2.45, 2.75) is 10.9 Å². The molecule has 32 heavy (non-hydrogen) atoms. The first-order valence-corrected chi connectivity index (χ1v) is 11.8. The van der Waals surface area contributed by atoms with Gasteiger partial charge in [0.1, 0.15) is 18.4 Å². The van der Waals surface area contributed by atoms with Crippen molar-refractivity contribution in [3.05, 3.63) is 107 Å². The molecule has 154 valence electrons. The van der Waals surface area contributed by atoms with Crippen molar-refractivity contribution in [3.8, 4) is 11.8 Å². The van der Waals surface area contributed by atoms with E-state index in [1.54, 1.807) is 11.3 Å². The average Bonchev–Trinajstić information content (AvgIpc) is 3.25. The quantitative estimate of drug-likeness (QED) is 0.196. The Morgan fingerprint density at radius 1 is 0.938 bits per heavy atom. The molecule has 1 aromatic heterocycles. The second-order valence-electron chi connectivity index (χ2n) is 7.17. The number of nitriles is 1. The summed E-state index contributed by atoms with van der Waals surface area (Å²) in [5, 5.41) is 12.0. The van der Waals surface area contributed by atoms with Crippen LogP contribution in [0.3, 0.4) is 0 Å². The first kappa shape index (κ1) is 20.3. The van der Waals surface area contributed by atoms with E-state index in [-0.39, 0.29) is 0 Å². The molecule has 0 fully saturated rings. The fourth-order valence-electron chi connectivity index (χ4n) is 3.46. The molecule has 1 heterocycles. The predicted octanol–water partition coefficient (Wildman–Crippen LogP) is 7.69. The van der Waals surface area contributed by atoms with Crippen LogP contribution in [0.2, 0.25) is 0 Å². The van der Waals surface area contributed by atoms with Gasteiger partial charge in [0.25, 0.3) is 0 Å². The Morgan fingerprint density at radius 3 is 2.56 bits per heavy atom. The molecule has 0 radical (unpaired) electrons. The largest absolute Gasteiger partial charge is 0.489 e. The van der Waals surface area contributed by atoms with Gasteiger partial charge in [0.15, 0.2) is 4.34 Å². The third-order valence-electron chi connectivity index (χ3n) is 5.03. The molecular weight excluding hydrogens is 432 g/mol. The van der Waals surface area contributed by atoms with Gasteiger partial charge >= 0.3 is 0 Å². The Morgan fingerprint density at radius 2 is 1.72 bits per heavy atom. The van der Waals surface area contributed by atoms with Gasteiger partial charge in [-0.2, -0.15) is 5.26 Å². The van der Waals surface area contributed by atoms with Crippen molar-refractivity contribution >= 4 is 50.2 Å². The highest BCUT2D eigenvalue weighted by molar-refractivity contribution is 8.05. The summed E-state index contributed by atoms with van der Waals surface area (Å²) in [7, 11) is 0. The molecule has 0 saturated heterocycles. The van der Waals surface area contributed by atoms with Crippen LogP contribution in [0.15, 0.2) is 100 Å². The zero-order valence-electron chi connectivity index (χ0n) is 17.1. The second kappa shape index (κ2) is 9.27. The van der Waals surface area contributed by atoms with Crippen molar-refractivity contribution in [2.24, 2.45) is 0 Å². The molecule has 4 aromatic carbocycles. The molecule has 0 atom stereocenters. The standard InChI is InChI=1S/C27H18N2OS2/c28-17-23(31-27-29-25-10-3-4-11-26(25)32-27)16-19-12-14-22(15-13-19)30-18-21-8-5-7-20-6-1-2-9-24(20)21/h1-16H,18H2. The molecule has 0 bridgehead atoms. The number of thiazole rings is 1. The van der Waals surface area contributed by atoms with Crippen molar-refractivity contribution in [2.75, 3.05) is 0 Å². The summed E-state index contributed by atoms with van der Waals surface area (Å²) in [4.78, 5) is 5.21. The summed E-state index contributed by atoms with van der Waals surface area (Å²) in [5.41, 5.74) is 3.07. The van der Waals surface area contributed by atoms with E-state index >= 15 is 0 Å². The van der Waals surface area contributed by atoms with Crippen LogP contribution in [0.4, 0.5) is 0 Å². The molecule has 0 unspecified atom stereocenters. The molecule has 5 rings (SSSR count). The number of allylic oxidation sites excluding steroid dienone is 1. The number of benzene rings is 4. The Kier molecular flexibility index (Phi) is 5.89. The predicted molar refractivity (Wildman–Crippen MR) is 134 cm³/mol. The highest BCUT2D eigenvalue weighted by Crippen LogP contribution is 2.34. The molecule has 3 nitrogen and oxygen atoms in total. The number of nitrogens with zero attached hydrogens (tertiary/aromatic N) is 2. The van der Waals surface area contributed by atoms with Crippen molar-refractivity contribution < 1.29 is 4.74 Å². The van der Waals surface area contributed by atoms with Crippen molar-refractivity contribution in [1.29, 1.82) is 5.26 Å². The number of ether oxygens (including phenoxy) is 1. The van der Waals surface area contributed by atoms with Crippen LogP contribution in [0.25, 0.3) is 27.1 Å². The fraction of sp³-hybridized carbons (Fsp3) is 0.0370. The summed E-state index contributed by atoms with van der Waals surface area (Å²) in [5.74, 6) is 0.799. The van der Waals surface area contributed by atoms with Gasteiger partial charge < -0.3 is 4.74 Å². The van der Waals surface area contributed by atoms with Crippen molar-refractivity contribution in [1.82, 2.24) is 4.98 Å². The van der Waals surface area contributed by atoms with Gasteiger partial charge in [0, 0.05) is 0 Å². The van der Waals surface area contributed by atoms with Crippen LogP contribution < -0.4 is 4.74 Å². The van der Waals surface area contributed by atoms with Gasteiger partial charge in [-0.3, -0.25) is 0 Å². The number of para-hydroxylation sites is 1. The molecular formula is C27H18N2OS2. The topological polar surface area (TPSA) is 45.9 Å². The third-order valence-corrected chi connectivity index (χ3v) is 7.06. The summed E-state index contributed by atoms with van der Waals surface area (Å²) in [6, 6.07) is 32.7. The van der Waals surface area contributed by atoms with Gasteiger partial charge in [-0.05, 0) is 64.0 Å². The average molecular weight is 451 g/mol. The summed E-state index contributed by atoms with van der Waals surface area (Å²) < 4.78 is 8.01. The van der Waals surface area contributed by atoms with Gasteiger partial charge in [-0.15, -0.1) is 11.3 Å². The molecule has 0 aliphatic rings. The second-order valence-corrected chi connectivity index (χ2v) is 9.49. The monoisotopic (exact) mass is 450 g/mol. The van der Waals surface area contributed by atoms with Crippen LogP contribution in [0, 0.1) is 11.3 Å². The molecule has 0 amide bonds. The lowest BCUT2D eigenvalue weighted by molar-refractivity contribution is 0.307. The van der Waals surface area contributed by atoms with E-state index in [4.69, 9.17) is 4.74 Å². The van der Waals surface area contributed by atoms with Crippen LogP contribution in [-0.2, 0) is 6.61 Å². The van der Waals surface area contributed by atoms with Crippen LogP contribution >= 0.6 is 23.1 Å². The zero-order valence-corrected chi connectivity index (χ0v) is 18.7. The lowest BCUT2D eigenvalue weighted by Gasteiger charge is -2.09. The van der Waals surface area contributed by atoms with Gasteiger partial charge in [-0.25, -0.2) is 4.98 Å². The number of hydrogen-bond acceptors (Lipinski definition) is 5. The molecule has 0 aliphatic heterocycles. The lowest BCUT2D eigenvalue weighted by atomic mass is 10.1. The summed E-state index contributed by atoms with van der Waals surface area (Å²) in [6.45, 7) is 0.507. The van der Waals surface area contributed by atoms with Crippen LogP contribution in [0.1, 0.15) is 11.1 Å². The molecule has 5 heteroatoms. The van der Waals surface area contributed by atoms with E-state index in [0.717, 1.165) is 31.4 Å². The Labute approximate surface area is 194 Å². The third kappa shape index (κ3) is 4.52. The number of hydrogen-bond donors (Lipinski definition) is 0. The zero-order chi connectivity index (χ0) is 21.8. The maximum atomic E-state index is 9.59. The summed E-state index contributed by atoms with van der Waals surface area (Å²) >= 11 is 3.00. The first-order valence-electron chi connectivity index (χ1n) is 10.1. The maximum absolute atomic E-state index is 9.59. The number of rotatable bonds is 6. The number of aromatic nitrogens is 1. The highest BCUT2D eigenvalue weighted by atomic mass is 32.2. The van der Waals surface area contributed by atoms with Gasteiger partial charge in [0.05, 0.1) is 15.1 Å². The SMILES string of the molecule is N#CC(=Cc1ccc(OCc2cccc3ccccc23)cc1)Sc1nc2ccccc2s1. The Balaban J connectivity index is 1.28. The first-order chi connectivity index (χ1) is 15.8. The van der Waals surface area contributed by atoms with Crippen molar-refractivity contribution in [3.63, 3.8) is 0 Å². The molecule has 0 N–H and O–H groups in total. The van der Waals surface area contributed by atoms with Crippen LogP contribution in [-0.4, -0.2) is 4.98 Å². The molecule has 0 saturated carbocycles. The van der Waals surface area contributed by atoms with Crippen LogP contribution in [0.5, 0.6) is 5.75 Å². The van der Waals surface area contributed by atoms with E-state index < -0.39 is 0 Å². The molecule has 0 aliphatic carbocycles. The Bertz CT molecular complexity index is 1420.